The number of likely N-dealkylation sites (tertiary alicyclic amines) is 1. The lowest BCUT2D eigenvalue weighted by molar-refractivity contribution is -0.144. The number of piperidine rings is 1. The van der Waals surface area contributed by atoms with Gasteiger partial charge in [-0.3, -0.25) is 4.79 Å². The first-order valence-electron chi connectivity index (χ1n) is 7.53. The molecule has 1 atom stereocenters. The topological polar surface area (TPSA) is 52.6 Å². The highest BCUT2D eigenvalue weighted by atomic mass is 16.4. The summed E-state index contributed by atoms with van der Waals surface area (Å²) >= 11 is 0. The Hall–Kier alpha value is -0.610. The van der Waals surface area contributed by atoms with Gasteiger partial charge in [-0.05, 0) is 71.1 Å². The zero-order valence-corrected chi connectivity index (χ0v) is 12.9. The van der Waals surface area contributed by atoms with Gasteiger partial charge in [0.2, 0.25) is 0 Å². The first-order chi connectivity index (χ1) is 8.89. The third-order valence-electron chi connectivity index (χ3n) is 4.75. The van der Waals surface area contributed by atoms with E-state index in [1.807, 2.05) is 0 Å². The summed E-state index contributed by atoms with van der Waals surface area (Å²) < 4.78 is 0. The standard InChI is InChI=1S/C15H30N2O2/c1-12(2)13-6-10-17(11-7-13)9-5-8-15(3,16-4)14(18)19/h12-13,16H,5-11H2,1-4H3,(H,18,19). The lowest BCUT2D eigenvalue weighted by Crippen LogP contribution is -2.48. The van der Waals surface area contributed by atoms with E-state index in [0.29, 0.717) is 6.42 Å². The molecule has 112 valence electrons. The highest BCUT2D eigenvalue weighted by Crippen LogP contribution is 2.24. The number of nitrogens with zero attached hydrogens (tertiary/aromatic N) is 1. The normalized spacial score (nSPS) is 21.5. The number of rotatable bonds is 7. The molecule has 0 aromatic heterocycles. The van der Waals surface area contributed by atoms with Crippen molar-refractivity contribution in [3.05, 3.63) is 0 Å². The number of nitrogens with one attached hydrogen (secondary N) is 1. The molecule has 0 radical (unpaired) electrons. The van der Waals surface area contributed by atoms with Crippen molar-refractivity contribution in [2.45, 2.75) is 52.0 Å². The Kier molecular flexibility index (Phi) is 6.27. The van der Waals surface area contributed by atoms with E-state index in [-0.39, 0.29) is 0 Å². The number of hydrogen-bond donors (Lipinski definition) is 2. The third-order valence-corrected chi connectivity index (χ3v) is 4.75. The highest BCUT2D eigenvalue weighted by molar-refractivity contribution is 5.78. The predicted octanol–water partition coefficient (Wildman–Crippen LogP) is 2.20. The Bertz CT molecular complexity index is 286. The van der Waals surface area contributed by atoms with Crippen LogP contribution in [0.3, 0.4) is 0 Å². The Labute approximate surface area is 117 Å². The summed E-state index contributed by atoms with van der Waals surface area (Å²) in [7, 11) is 1.72. The molecule has 1 rings (SSSR count). The Morgan fingerprint density at radius 2 is 2.00 bits per heavy atom. The Morgan fingerprint density at radius 3 is 2.42 bits per heavy atom. The van der Waals surface area contributed by atoms with Gasteiger partial charge < -0.3 is 15.3 Å². The lowest BCUT2D eigenvalue weighted by atomic mass is 9.86. The van der Waals surface area contributed by atoms with E-state index in [4.69, 9.17) is 0 Å². The molecule has 1 fully saturated rings. The van der Waals surface area contributed by atoms with Crippen molar-refractivity contribution in [3.63, 3.8) is 0 Å². The highest BCUT2D eigenvalue weighted by Gasteiger charge is 2.30. The van der Waals surface area contributed by atoms with Crippen molar-refractivity contribution in [1.29, 1.82) is 0 Å². The van der Waals surface area contributed by atoms with Crippen molar-refractivity contribution in [2.24, 2.45) is 11.8 Å². The minimum absolute atomic E-state index is 0.683. The van der Waals surface area contributed by atoms with E-state index in [0.717, 1.165) is 24.8 Å². The van der Waals surface area contributed by atoms with Gasteiger partial charge in [-0.15, -0.1) is 0 Å². The summed E-state index contributed by atoms with van der Waals surface area (Å²) in [5.41, 5.74) is -0.781. The second-order valence-corrected chi connectivity index (χ2v) is 6.41. The number of carboxylic acids is 1. The average Bonchev–Trinajstić information content (AvgIpc) is 2.38. The van der Waals surface area contributed by atoms with Gasteiger partial charge in [-0.2, -0.15) is 0 Å². The zero-order valence-electron chi connectivity index (χ0n) is 12.9. The summed E-state index contributed by atoms with van der Waals surface area (Å²) in [5.74, 6) is 0.910. The fraction of sp³-hybridized carbons (Fsp3) is 0.933. The number of carboxylic acid groups (broad SMARTS) is 1. The molecule has 0 bridgehead atoms. The predicted molar refractivity (Wildman–Crippen MR) is 78.3 cm³/mol. The van der Waals surface area contributed by atoms with Crippen LogP contribution in [0.2, 0.25) is 0 Å². The molecule has 0 saturated carbocycles. The minimum atomic E-state index is -0.781. The first-order valence-corrected chi connectivity index (χ1v) is 7.53. The maximum absolute atomic E-state index is 11.2. The van der Waals surface area contributed by atoms with Crippen LogP contribution in [0.5, 0.6) is 0 Å². The molecule has 2 N–H and O–H groups in total. The smallest absolute Gasteiger partial charge is 0.323 e. The molecule has 1 heterocycles. The molecule has 4 heteroatoms. The largest absolute Gasteiger partial charge is 0.480 e. The van der Waals surface area contributed by atoms with Crippen LogP contribution in [0.15, 0.2) is 0 Å². The van der Waals surface area contributed by atoms with Gasteiger partial charge in [0, 0.05) is 0 Å². The summed E-state index contributed by atoms with van der Waals surface area (Å²) in [6.45, 7) is 9.76. The molecule has 0 aromatic rings. The van der Waals surface area contributed by atoms with Crippen LogP contribution >= 0.6 is 0 Å². The van der Waals surface area contributed by atoms with Gasteiger partial charge in [-0.1, -0.05) is 13.8 Å². The molecule has 0 aromatic carbocycles. The van der Waals surface area contributed by atoms with E-state index in [1.165, 1.54) is 25.9 Å². The molecule has 1 aliphatic heterocycles. The monoisotopic (exact) mass is 270 g/mol. The second kappa shape index (κ2) is 7.25. The van der Waals surface area contributed by atoms with E-state index >= 15 is 0 Å². The van der Waals surface area contributed by atoms with E-state index in [1.54, 1.807) is 14.0 Å². The summed E-state index contributed by atoms with van der Waals surface area (Å²) in [5, 5.41) is 12.1. The summed E-state index contributed by atoms with van der Waals surface area (Å²) in [6.07, 6.45) is 4.21. The first kappa shape index (κ1) is 16.4. The molecular weight excluding hydrogens is 240 g/mol. The van der Waals surface area contributed by atoms with Crippen LogP contribution < -0.4 is 5.32 Å². The zero-order chi connectivity index (χ0) is 14.5. The number of carbonyl (C=O) groups is 1. The SMILES string of the molecule is CNC(C)(CCCN1CCC(C(C)C)CC1)C(=O)O. The van der Waals surface area contributed by atoms with Gasteiger partial charge in [0.1, 0.15) is 5.54 Å². The van der Waals surface area contributed by atoms with Crippen LogP contribution in [0, 0.1) is 11.8 Å². The molecule has 0 spiro atoms. The van der Waals surface area contributed by atoms with Crippen molar-refractivity contribution >= 4 is 5.97 Å². The fourth-order valence-corrected chi connectivity index (χ4v) is 2.84. The fourth-order valence-electron chi connectivity index (χ4n) is 2.84. The van der Waals surface area contributed by atoms with Gasteiger partial charge in [0.05, 0.1) is 0 Å². The van der Waals surface area contributed by atoms with E-state index in [9.17, 15) is 9.90 Å². The van der Waals surface area contributed by atoms with Crippen LogP contribution in [-0.2, 0) is 4.79 Å². The van der Waals surface area contributed by atoms with Gasteiger partial charge in [-0.25, -0.2) is 0 Å². The molecular formula is C15H30N2O2. The Morgan fingerprint density at radius 1 is 1.42 bits per heavy atom. The van der Waals surface area contributed by atoms with E-state index < -0.39 is 11.5 Å². The van der Waals surface area contributed by atoms with Crippen molar-refractivity contribution < 1.29 is 9.90 Å². The summed E-state index contributed by atoms with van der Waals surface area (Å²) in [6, 6.07) is 0. The average molecular weight is 270 g/mol. The third kappa shape index (κ3) is 4.77. The van der Waals surface area contributed by atoms with Crippen molar-refractivity contribution in [1.82, 2.24) is 10.2 Å². The molecule has 1 saturated heterocycles. The van der Waals surface area contributed by atoms with Crippen LogP contribution in [-0.4, -0.2) is 48.2 Å². The quantitative estimate of drug-likeness (QED) is 0.744. The molecule has 4 nitrogen and oxygen atoms in total. The lowest BCUT2D eigenvalue weighted by Gasteiger charge is -2.34. The van der Waals surface area contributed by atoms with Gasteiger partial charge >= 0.3 is 5.97 Å². The molecule has 0 aliphatic carbocycles. The van der Waals surface area contributed by atoms with Crippen LogP contribution in [0.1, 0.15) is 46.5 Å². The van der Waals surface area contributed by atoms with Crippen LogP contribution in [0.25, 0.3) is 0 Å². The van der Waals surface area contributed by atoms with Crippen LogP contribution in [0.4, 0.5) is 0 Å². The van der Waals surface area contributed by atoms with Gasteiger partial charge in [0.25, 0.3) is 0 Å². The maximum Gasteiger partial charge on any atom is 0.323 e. The second-order valence-electron chi connectivity index (χ2n) is 6.41. The van der Waals surface area contributed by atoms with Crippen molar-refractivity contribution in [2.75, 3.05) is 26.7 Å². The molecule has 19 heavy (non-hydrogen) atoms. The molecule has 1 unspecified atom stereocenters. The number of hydrogen-bond acceptors (Lipinski definition) is 3. The van der Waals surface area contributed by atoms with Gasteiger partial charge in [0.15, 0.2) is 0 Å². The minimum Gasteiger partial charge on any atom is -0.480 e. The summed E-state index contributed by atoms with van der Waals surface area (Å²) in [4.78, 5) is 13.7. The van der Waals surface area contributed by atoms with Crippen molar-refractivity contribution in [3.8, 4) is 0 Å². The molecule has 0 amide bonds. The number of likely N-dealkylation sites (N-methyl/N-ethyl adjacent to an activating group) is 1. The van der Waals surface area contributed by atoms with E-state index in [2.05, 4.69) is 24.1 Å². The Balaban J connectivity index is 2.26. The maximum atomic E-state index is 11.2. The number of aliphatic carboxylic acids is 1. The molecule has 1 aliphatic rings.